The zero-order valence-corrected chi connectivity index (χ0v) is 13.5. The number of esters is 1. The molecule has 1 atom stereocenters. The second-order valence-electron chi connectivity index (χ2n) is 6.25. The van der Waals surface area contributed by atoms with Gasteiger partial charge >= 0.3 is 5.97 Å². The van der Waals surface area contributed by atoms with Crippen LogP contribution in [0, 0.1) is 0 Å². The number of pyridine rings is 1. The molecule has 1 fully saturated rings. The third kappa shape index (κ3) is 3.46. The van der Waals surface area contributed by atoms with Crippen LogP contribution in [0.1, 0.15) is 39.7 Å². The molecule has 5 nitrogen and oxygen atoms in total. The molecule has 0 unspecified atom stereocenters. The number of nitrogens with zero attached hydrogens (tertiary/aromatic N) is 2. The van der Waals surface area contributed by atoms with E-state index in [4.69, 9.17) is 9.47 Å². The molecule has 0 radical (unpaired) electrons. The molecule has 1 aliphatic heterocycles. The molecule has 1 aromatic rings. The quantitative estimate of drug-likeness (QED) is 0.798. The van der Waals surface area contributed by atoms with Crippen molar-refractivity contribution in [3.8, 4) is 5.88 Å². The Hall–Kier alpha value is -1.78. The summed E-state index contributed by atoms with van der Waals surface area (Å²) in [5.41, 5.74) is 1.55. The normalized spacial score (nSPS) is 18.1. The minimum atomic E-state index is -0.453. The van der Waals surface area contributed by atoms with Gasteiger partial charge in [-0.05, 0) is 39.7 Å². The first kappa shape index (κ1) is 15.6. The molecule has 0 saturated carbocycles. The summed E-state index contributed by atoms with van der Waals surface area (Å²) in [5.74, 6) is 0.484. The number of methoxy groups -OCH3 is 1. The smallest absolute Gasteiger partial charge is 0.329 e. The zero-order chi connectivity index (χ0) is 15.6. The zero-order valence-electron chi connectivity index (χ0n) is 13.5. The van der Waals surface area contributed by atoms with E-state index in [1.54, 1.807) is 13.3 Å². The van der Waals surface area contributed by atoms with Crippen molar-refractivity contribution in [3.05, 3.63) is 17.8 Å². The molecule has 1 aromatic heterocycles. The van der Waals surface area contributed by atoms with Crippen molar-refractivity contribution in [2.45, 2.75) is 52.2 Å². The van der Waals surface area contributed by atoms with Crippen LogP contribution >= 0.6 is 0 Å². The van der Waals surface area contributed by atoms with Crippen LogP contribution in [0.15, 0.2) is 12.3 Å². The minimum Gasteiger partial charge on any atom is -0.481 e. The van der Waals surface area contributed by atoms with Crippen LogP contribution in [0.25, 0.3) is 0 Å². The van der Waals surface area contributed by atoms with Gasteiger partial charge < -0.3 is 14.4 Å². The van der Waals surface area contributed by atoms with Crippen molar-refractivity contribution < 1.29 is 14.3 Å². The van der Waals surface area contributed by atoms with Gasteiger partial charge in [-0.25, -0.2) is 9.78 Å². The maximum absolute atomic E-state index is 12.2. The molecule has 0 aromatic carbocycles. The van der Waals surface area contributed by atoms with Gasteiger partial charge in [0.05, 0.1) is 19.0 Å². The standard InChI is InChI=1S/C16H24N2O3/c1-6-11-9-12(10-17-14(11)20-5)18-8-7-13(18)15(19)21-16(2,3)4/h9-10,13H,6-8H2,1-5H3/t13-/m0/s1. The lowest BCUT2D eigenvalue weighted by Gasteiger charge is -2.42. The van der Waals surface area contributed by atoms with E-state index in [0.29, 0.717) is 5.88 Å². The topological polar surface area (TPSA) is 51.7 Å². The Morgan fingerprint density at radius 3 is 2.67 bits per heavy atom. The molecule has 21 heavy (non-hydrogen) atoms. The van der Waals surface area contributed by atoms with Crippen molar-refractivity contribution in [2.75, 3.05) is 18.6 Å². The van der Waals surface area contributed by atoms with Crippen molar-refractivity contribution in [1.29, 1.82) is 0 Å². The van der Waals surface area contributed by atoms with E-state index in [0.717, 1.165) is 30.6 Å². The SMILES string of the molecule is CCc1cc(N2CC[C@H]2C(=O)OC(C)(C)C)cnc1OC. The largest absolute Gasteiger partial charge is 0.481 e. The van der Waals surface area contributed by atoms with Crippen LogP contribution in [0.2, 0.25) is 0 Å². The summed E-state index contributed by atoms with van der Waals surface area (Å²) in [6, 6.07) is 1.84. The summed E-state index contributed by atoms with van der Waals surface area (Å²) in [7, 11) is 1.62. The molecule has 0 amide bonds. The predicted molar refractivity (Wildman–Crippen MR) is 81.8 cm³/mol. The number of hydrogen-bond acceptors (Lipinski definition) is 5. The van der Waals surface area contributed by atoms with E-state index in [1.807, 2.05) is 31.7 Å². The van der Waals surface area contributed by atoms with Crippen molar-refractivity contribution in [2.24, 2.45) is 0 Å². The summed E-state index contributed by atoms with van der Waals surface area (Å²) in [4.78, 5) is 18.6. The number of ether oxygens (including phenoxy) is 2. The van der Waals surface area contributed by atoms with Gasteiger partial charge in [0, 0.05) is 12.1 Å². The Morgan fingerprint density at radius 2 is 2.19 bits per heavy atom. The second-order valence-corrected chi connectivity index (χ2v) is 6.25. The van der Waals surface area contributed by atoms with Crippen LogP contribution < -0.4 is 9.64 Å². The summed E-state index contributed by atoms with van der Waals surface area (Å²) in [6.07, 6.45) is 3.42. The molecule has 116 valence electrons. The van der Waals surface area contributed by atoms with Gasteiger partial charge in [0.1, 0.15) is 11.6 Å². The van der Waals surface area contributed by atoms with Gasteiger partial charge in [0.15, 0.2) is 0 Å². The first-order valence-corrected chi connectivity index (χ1v) is 7.38. The number of carbonyl (C=O) groups excluding carboxylic acids is 1. The number of rotatable bonds is 4. The Labute approximate surface area is 126 Å². The van der Waals surface area contributed by atoms with E-state index >= 15 is 0 Å². The lowest BCUT2D eigenvalue weighted by molar-refractivity contribution is -0.158. The molecular weight excluding hydrogens is 268 g/mol. The van der Waals surface area contributed by atoms with Crippen LogP contribution in [-0.2, 0) is 16.0 Å². The summed E-state index contributed by atoms with van der Waals surface area (Å²) >= 11 is 0. The van der Waals surface area contributed by atoms with E-state index < -0.39 is 5.60 Å². The molecule has 0 N–H and O–H groups in total. The maximum Gasteiger partial charge on any atom is 0.329 e. The highest BCUT2D eigenvalue weighted by molar-refractivity contribution is 5.82. The lowest BCUT2D eigenvalue weighted by atomic mass is 10.0. The average Bonchev–Trinajstić information content (AvgIpc) is 2.34. The van der Waals surface area contributed by atoms with E-state index in [9.17, 15) is 4.79 Å². The molecule has 5 heteroatoms. The third-order valence-corrected chi connectivity index (χ3v) is 3.52. The van der Waals surface area contributed by atoms with Crippen LogP contribution in [0.3, 0.4) is 0 Å². The number of carbonyl (C=O) groups is 1. The summed E-state index contributed by atoms with van der Waals surface area (Å²) in [6.45, 7) is 8.57. The highest BCUT2D eigenvalue weighted by atomic mass is 16.6. The van der Waals surface area contributed by atoms with Gasteiger partial charge in [-0.15, -0.1) is 0 Å². The predicted octanol–water partition coefficient (Wildman–Crippen LogP) is 2.57. The van der Waals surface area contributed by atoms with Crippen LogP contribution in [0.4, 0.5) is 5.69 Å². The average molecular weight is 292 g/mol. The Morgan fingerprint density at radius 1 is 1.48 bits per heavy atom. The fraction of sp³-hybridized carbons (Fsp3) is 0.625. The van der Waals surface area contributed by atoms with Gasteiger partial charge in [-0.3, -0.25) is 0 Å². The van der Waals surface area contributed by atoms with Crippen LogP contribution in [-0.4, -0.2) is 36.3 Å². The molecular formula is C16H24N2O3. The van der Waals surface area contributed by atoms with E-state index in [-0.39, 0.29) is 12.0 Å². The third-order valence-electron chi connectivity index (χ3n) is 3.52. The molecule has 1 saturated heterocycles. The molecule has 2 rings (SSSR count). The summed E-state index contributed by atoms with van der Waals surface area (Å²) in [5, 5.41) is 0. The molecule has 2 heterocycles. The molecule has 0 bridgehead atoms. The number of anilines is 1. The van der Waals surface area contributed by atoms with Gasteiger partial charge in [-0.2, -0.15) is 0 Å². The van der Waals surface area contributed by atoms with Gasteiger partial charge in [0.25, 0.3) is 0 Å². The monoisotopic (exact) mass is 292 g/mol. The number of aromatic nitrogens is 1. The first-order chi connectivity index (χ1) is 9.85. The Kier molecular flexibility index (Phi) is 4.40. The van der Waals surface area contributed by atoms with E-state index in [2.05, 4.69) is 11.9 Å². The highest BCUT2D eigenvalue weighted by Gasteiger charge is 2.37. The number of hydrogen-bond donors (Lipinski definition) is 0. The maximum atomic E-state index is 12.2. The fourth-order valence-electron chi connectivity index (χ4n) is 2.39. The second kappa shape index (κ2) is 5.92. The number of aryl methyl sites for hydroxylation is 1. The highest BCUT2D eigenvalue weighted by Crippen LogP contribution is 2.30. The minimum absolute atomic E-state index is 0.164. The van der Waals surface area contributed by atoms with E-state index in [1.165, 1.54) is 0 Å². The van der Waals surface area contributed by atoms with Gasteiger partial charge in [-0.1, -0.05) is 6.92 Å². The van der Waals surface area contributed by atoms with Crippen molar-refractivity contribution in [1.82, 2.24) is 4.98 Å². The Bertz CT molecular complexity index is 523. The molecule has 0 aliphatic carbocycles. The van der Waals surface area contributed by atoms with Gasteiger partial charge in [0.2, 0.25) is 5.88 Å². The molecule has 0 spiro atoms. The Balaban J connectivity index is 2.14. The van der Waals surface area contributed by atoms with Crippen molar-refractivity contribution >= 4 is 11.7 Å². The van der Waals surface area contributed by atoms with Crippen molar-refractivity contribution in [3.63, 3.8) is 0 Å². The molecule has 1 aliphatic rings. The fourth-order valence-corrected chi connectivity index (χ4v) is 2.39. The first-order valence-electron chi connectivity index (χ1n) is 7.38. The summed E-state index contributed by atoms with van der Waals surface area (Å²) < 4.78 is 10.7. The lowest BCUT2D eigenvalue weighted by Crippen LogP contribution is -2.54. The van der Waals surface area contributed by atoms with Crippen LogP contribution in [0.5, 0.6) is 5.88 Å².